The van der Waals surface area contributed by atoms with Gasteiger partial charge in [0.1, 0.15) is 0 Å². The third-order valence-electron chi connectivity index (χ3n) is 5.22. The molecule has 1 aliphatic heterocycles. The Morgan fingerprint density at radius 3 is 2.73 bits per heavy atom. The van der Waals surface area contributed by atoms with E-state index in [9.17, 15) is 9.59 Å². The number of amidine groups is 1. The second-order valence-electron chi connectivity index (χ2n) is 7.56. The first-order valence-corrected chi connectivity index (χ1v) is 16.0. The van der Waals surface area contributed by atoms with Crippen LogP contribution in [0, 0.1) is 3.57 Å². The number of carbonyl (C=O) groups excluding carboxylic acids is 1. The number of likely N-dealkylation sites (N-methyl/N-ethyl adjacent to an activating group) is 1. The Bertz CT molecular complexity index is 1240. The Morgan fingerprint density at radius 1 is 1.18 bits per heavy atom. The van der Waals surface area contributed by atoms with Gasteiger partial charge in [0.05, 0.1) is 0 Å². The normalized spacial score (nSPS) is 15.4. The average Bonchev–Trinajstić information content (AvgIpc) is 3.34. The molecule has 33 heavy (non-hydrogen) atoms. The standard InChI is InChI=1S/C25H25IN2O4S/c1-26(11-13-32-12-10-23(29)30)19-9-8-18-14-20(33-22(18)15-19)16-21-25(31)28(2)24(27-21)17-6-4-3-5-7-17/h3-9,14-16H,10-13H2,1-2H3,(H,29,30)/b21-16+. The third-order valence-corrected chi connectivity index (χ3v) is 11.1. The Kier molecular flexibility index (Phi) is 7.56. The fraction of sp³-hybridized carbons (Fsp3) is 0.240. The van der Waals surface area contributed by atoms with E-state index in [0.717, 1.165) is 20.3 Å². The molecular weight excluding hydrogens is 551 g/mol. The summed E-state index contributed by atoms with van der Waals surface area (Å²) in [7, 11) is 1.75. The Balaban J connectivity index is 1.48. The van der Waals surface area contributed by atoms with Crippen molar-refractivity contribution in [2.75, 3.05) is 29.6 Å². The zero-order chi connectivity index (χ0) is 23.4. The molecule has 0 radical (unpaired) electrons. The Labute approximate surface area is 204 Å². The zero-order valence-electron chi connectivity index (χ0n) is 18.5. The van der Waals surface area contributed by atoms with Gasteiger partial charge in [-0.2, -0.15) is 0 Å². The van der Waals surface area contributed by atoms with Gasteiger partial charge in [-0.1, -0.05) is 6.07 Å². The van der Waals surface area contributed by atoms with E-state index in [2.05, 4.69) is 34.2 Å². The van der Waals surface area contributed by atoms with Crippen molar-refractivity contribution in [2.45, 2.75) is 6.42 Å². The van der Waals surface area contributed by atoms with Crippen molar-refractivity contribution in [1.29, 1.82) is 0 Å². The summed E-state index contributed by atoms with van der Waals surface area (Å²) < 4.78 is 9.01. The van der Waals surface area contributed by atoms with Crippen LogP contribution >= 0.6 is 31.2 Å². The maximum atomic E-state index is 12.7. The second kappa shape index (κ2) is 10.6. The molecule has 172 valence electrons. The third kappa shape index (κ3) is 5.69. The minimum atomic E-state index is -1.37. The molecule has 4 rings (SSSR count). The van der Waals surface area contributed by atoms with Crippen LogP contribution in [0.15, 0.2) is 65.3 Å². The molecule has 1 N–H and O–H groups in total. The number of nitrogens with zero attached hydrogens (tertiary/aromatic N) is 2. The maximum absolute atomic E-state index is 12.7. The predicted octanol–water partition coefficient (Wildman–Crippen LogP) is 4.96. The van der Waals surface area contributed by atoms with Gasteiger partial charge < -0.3 is 0 Å². The summed E-state index contributed by atoms with van der Waals surface area (Å²) >= 11 is 0.291. The van der Waals surface area contributed by atoms with Crippen LogP contribution < -0.4 is 0 Å². The fourth-order valence-corrected chi connectivity index (χ4v) is 7.90. The van der Waals surface area contributed by atoms with Gasteiger partial charge in [0.15, 0.2) is 0 Å². The van der Waals surface area contributed by atoms with Crippen LogP contribution in [0.1, 0.15) is 16.9 Å². The van der Waals surface area contributed by atoms with E-state index in [4.69, 9.17) is 9.84 Å². The quantitative estimate of drug-likeness (QED) is 0.169. The molecule has 0 unspecified atom stereocenters. The van der Waals surface area contributed by atoms with E-state index < -0.39 is 25.8 Å². The summed E-state index contributed by atoms with van der Waals surface area (Å²) in [6, 6.07) is 18.4. The number of amides is 1. The molecule has 1 aromatic heterocycles. The first kappa shape index (κ1) is 23.6. The number of ether oxygens (including phenoxy) is 1. The van der Waals surface area contributed by atoms with Gasteiger partial charge in [-0.15, -0.1) is 0 Å². The molecule has 0 spiro atoms. The monoisotopic (exact) mass is 576 g/mol. The number of carbonyl (C=O) groups is 2. The Hall–Kier alpha value is -2.56. The molecule has 1 aliphatic rings. The molecule has 0 atom stereocenters. The summed E-state index contributed by atoms with van der Waals surface area (Å²) in [6.45, 7) is 0.871. The number of aliphatic carboxylic acids is 1. The van der Waals surface area contributed by atoms with Crippen molar-refractivity contribution >= 4 is 65.0 Å². The van der Waals surface area contributed by atoms with Crippen molar-refractivity contribution in [3.63, 3.8) is 0 Å². The summed E-state index contributed by atoms with van der Waals surface area (Å²) in [5.41, 5.74) is 1.37. The van der Waals surface area contributed by atoms with Crippen LogP contribution in [0.5, 0.6) is 0 Å². The number of carboxylic acid groups (broad SMARTS) is 1. The van der Waals surface area contributed by atoms with E-state index in [1.807, 2.05) is 36.4 Å². The topological polar surface area (TPSA) is 79.2 Å². The van der Waals surface area contributed by atoms with Crippen molar-refractivity contribution in [3.05, 3.63) is 74.3 Å². The molecular formula is C25H25IN2O4S. The Morgan fingerprint density at radius 2 is 1.97 bits per heavy atom. The number of aliphatic imine (C=N–C) groups is 1. The van der Waals surface area contributed by atoms with Crippen molar-refractivity contribution in [2.24, 2.45) is 4.99 Å². The van der Waals surface area contributed by atoms with Crippen LogP contribution in [0.4, 0.5) is 0 Å². The minimum absolute atomic E-state index is 0.0482. The van der Waals surface area contributed by atoms with Crippen molar-refractivity contribution in [1.82, 2.24) is 4.90 Å². The van der Waals surface area contributed by atoms with Gasteiger partial charge in [-0.25, -0.2) is 0 Å². The number of hydrogen-bond donors (Lipinski definition) is 1. The number of rotatable bonds is 9. The number of halogens is 1. The predicted molar refractivity (Wildman–Crippen MR) is 142 cm³/mol. The fourth-order valence-electron chi connectivity index (χ4n) is 3.42. The molecule has 0 bridgehead atoms. The van der Waals surface area contributed by atoms with Crippen LogP contribution in [0.25, 0.3) is 16.2 Å². The number of fused-ring (bicyclic) bond motifs is 1. The van der Waals surface area contributed by atoms with Gasteiger partial charge in [-0.3, -0.25) is 0 Å². The molecule has 8 heteroatoms. The van der Waals surface area contributed by atoms with Gasteiger partial charge in [0.2, 0.25) is 0 Å². The second-order valence-corrected chi connectivity index (χ2v) is 14.4. The van der Waals surface area contributed by atoms with Crippen LogP contribution in [0.2, 0.25) is 0 Å². The summed E-state index contributed by atoms with van der Waals surface area (Å²) in [4.78, 5) is 32.8. The summed E-state index contributed by atoms with van der Waals surface area (Å²) in [6.07, 6.45) is 1.92. The molecule has 2 heterocycles. The van der Waals surface area contributed by atoms with Gasteiger partial charge in [-0.05, 0) is 0 Å². The number of carboxylic acids is 1. The SMILES string of the molecule is CN1C(=O)/C(=C\c2cc3ccc(I(C)CCOCCC(=O)O)cc3s2)N=C1c1ccccc1. The van der Waals surface area contributed by atoms with E-state index in [1.54, 1.807) is 23.3 Å². The van der Waals surface area contributed by atoms with E-state index >= 15 is 0 Å². The molecule has 0 saturated heterocycles. The molecule has 0 aliphatic carbocycles. The molecule has 0 saturated carbocycles. The zero-order valence-corrected chi connectivity index (χ0v) is 21.4. The number of thiophene rings is 1. The van der Waals surface area contributed by atoms with Crippen LogP contribution in [-0.2, 0) is 14.3 Å². The van der Waals surface area contributed by atoms with Crippen LogP contribution in [-0.4, -0.2) is 57.3 Å². The van der Waals surface area contributed by atoms with Gasteiger partial charge in [0, 0.05) is 0 Å². The van der Waals surface area contributed by atoms with Gasteiger partial charge in [0.25, 0.3) is 0 Å². The summed E-state index contributed by atoms with van der Waals surface area (Å²) in [5, 5.41) is 9.84. The van der Waals surface area contributed by atoms with Crippen molar-refractivity contribution in [3.8, 4) is 0 Å². The van der Waals surface area contributed by atoms with E-state index in [-0.39, 0.29) is 18.9 Å². The average molecular weight is 576 g/mol. The molecule has 1 amide bonds. The number of hydrogen-bond acceptors (Lipinski definition) is 5. The molecule has 6 nitrogen and oxygen atoms in total. The van der Waals surface area contributed by atoms with Gasteiger partial charge >= 0.3 is 199 Å². The first-order valence-electron chi connectivity index (χ1n) is 10.5. The number of alkyl halides is 2. The van der Waals surface area contributed by atoms with E-state index in [1.165, 1.54) is 8.27 Å². The number of benzene rings is 2. The van der Waals surface area contributed by atoms with Crippen molar-refractivity contribution < 1.29 is 19.4 Å². The molecule has 0 fully saturated rings. The molecule has 2 aromatic carbocycles. The van der Waals surface area contributed by atoms with E-state index in [0.29, 0.717) is 18.1 Å². The first-order chi connectivity index (χ1) is 15.9. The molecule has 3 aromatic rings. The summed E-state index contributed by atoms with van der Waals surface area (Å²) in [5.74, 6) is -0.262. The van der Waals surface area contributed by atoms with Crippen LogP contribution in [0.3, 0.4) is 0 Å².